The first kappa shape index (κ1) is 19.2. The van der Waals surface area contributed by atoms with E-state index in [-0.39, 0.29) is 11.7 Å². The number of nitrogens with zero attached hydrogens (tertiary/aromatic N) is 4. The maximum Gasteiger partial charge on any atom is 0.236 e. The number of nitrogens with one attached hydrogen (secondary N) is 1. The van der Waals surface area contributed by atoms with Crippen LogP contribution >= 0.6 is 23.1 Å². The molecule has 0 bridgehead atoms. The summed E-state index contributed by atoms with van der Waals surface area (Å²) in [7, 11) is 0. The zero-order valence-corrected chi connectivity index (χ0v) is 17.2. The minimum Gasteiger partial charge on any atom is -0.300 e. The molecule has 1 N–H and O–H groups in total. The van der Waals surface area contributed by atoms with Crippen molar-refractivity contribution < 1.29 is 4.79 Å². The van der Waals surface area contributed by atoms with Gasteiger partial charge in [-0.25, -0.2) is 0 Å². The van der Waals surface area contributed by atoms with Crippen LogP contribution in [0.2, 0.25) is 0 Å². The number of benzene rings is 2. The molecule has 2 aromatic carbocycles. The van der Waals surface area contributed by atoms with Crippen LogP contribution in [0.5, 0.6) is 0 Å². The van der Waals surface area contributed by atoms with Crippen LogP contribution in [-0.2, 0) is 4.79 Å². The molecule has 4 rings (SSSR count). The number of carbonyl (C=O) groups excluding carboxylic acids is 1. The van der Waals surface area contributed by atoms with Crippen molar-refractivity contribution in [1.29, 1.82) is 0 Å². The van der Waals surface area contributed by atoms with E-state index < -0.39 is 0 Å². The number of amides is 1. The van der Waals surface area contributed by atoms with Crippen molar-refractivity contribution in [3.8, 4) is 22.4 Å². The summed E-state index contributed by atoms with van der Waals surface area (Å²) in [5.74, 6) is 0.0897. The Bertz CT molecular complexity index is 1100. The Morgan fingerprint density at radius 2 is 1.59 bits per heavy atom. The molecule has 0 unspecified atom stereocenters. The highest BCUT2D eigenvalue weighted by Gasteiger charge is 2.09. The van der Waals surface area contributed by atoms with Gasteiger partial charge in [0.2, 0.25) is 11.0 Å². The second kappa shape index (κ2) is 8.93. The Morgan fingerprint density at radius 3 is 2.24 bits per heavy atom. The van der Waals surface area contributed by atoms with Crippen molar-refractivity contribution in [2.45, 2.75) is 11.9 Å². The van der Waals surface area contributed by atoms with Gasteiger partial charge >= 0.3 is 0 Å². The zero-order chi connectivity index (χ0) is 20.1. The first-order valence-electron chi connectivity index (χ1n) is 8.90. The molecule has 6 nitrogen and oxygen atoms in total. The molecule has 0 aliphatic heterocycles. The van der Waals surface area contributed by atoms with Crippen molar-refractivity contribution >= 4 is 34.1 Å². The van der Waals surface area contributed by atoms with Gasteiger partial charge in [-0.1, -0.05) is 77.7 Å². The van der Waals surface area contributed by atoms with E-state index >= 15 is 0 Å². The van der Waals surface area contributed by atoms with E-state index in [0.29, 0.717) is 10.2 Å². The molecule has 0 atom stereocenters. The highest BCUT2D eigenvalue weighted by atomic mass is 32.2. The average Bonchev–Trinajstić information content (AvgIpc) is 3.18. The molecule has 0 radical (unpaired) electrons. The summed E-state index contributed by atoms with van der Waals surface area (Å²) in [5, 5.41) is 21.0. The normalized spacial score (nSPS) is 10.7. The van der Waals surface area contributed by atoms with Crippen LogP contribution < -0.4 is 5.32 Å². The fraction of sp³-hybridized carbons (Fsp3) is 0.0952. The van der Waals surface area contributed by atoms with Gasteiger partial charge in [-0.3, -0.25) is 10.1 Å². The first-order chi connectivity index (χ1) is 14.2. The molecule has 1 amide bonds. The predicted octanol–water partition coefficient (Wildman–Crippen LogP) is 4.70. The van der Waals surface area contributed by atoms with Gasteiger partial charge in [0, 0.05) is 5.56 Å². The summed E-state index contributed by atoms with van der Waals surface area (Å²) in [6.07, 6.45) is 0. The molecule has 0 spiro atoms. The minimum atomic E-state index is -0.145. The second-order valence-electron chi connectivity index (χ2n) is 6.16. The number of hydrogen-bond donors (Lipinski definition) is 1. The standard InChI is InChI=1S/C21H17N5OS2/c1-14-23-26-21(29-14)22-19(27)13-28-20-12-11-18(24-25-20)17-9-7-16(8-10-17)15-5-3-2-4-6-15/h2-12H,13H2,1H3,(H,22,26,27). The first-order valence-corrected chi connectivity index (χ1v) is 10.7. The van der Waals surface area contributed by atoms with Gasteiger partial charge in [0.25, 0.3) is 0 Å². The van der Waals surface area contributed by atoms with Crippen molar-refractivity contribution in [2.24, 2.45) is 0 Å². The molecule has 4 aromatic rings. The van der Waals surface area contributed by atoms with E-state index in [0.717, 1.165) is 21.8 Å². The quantitative estimate of drug-likeness (QED) is 0.456. The summed E-state index contributed by atoms with van der Waals surface area (Å²) >= 11 is 2.67. The van der Waals surface area contributed by atoms with Crippen LogP contribution in [0.15, 0.2) is 71.8 Å². The van der Waals surface area contributed by atoms with Gasteiger partial charge < -0.3 is 0 Å². The second-order valence-corrected chi connectivity index (χ2v) is 8.34. The van der Waals surface area contributed by atoms with Gasteiger partial charge in [0.1, 0.15) is 10.0 Å². The van der Waals surface area contributed by atoms with E-state index in [4.69, 9.17) is 0 Å². The van der Waals surface area contributed by atoms with E-state index in [2.05, 4.69) is 50.0 Å². The third kappa shape index (κ3) is 5.04. The van der Waals surface area contributed by atoms with E-state index in [1.54, 1.807) is 0 Å². The van der Waals surface area contributed by atoms with Gasteiger partial charge in [-0.2, -0.15) is 0 Å². The largest absolute Gasteiger partial charge is 0.300 e. The highest BCUT2D eigenvalue weighted by molar-refractivity contribution is 7.99. The van der Waals surface area contributed by atoms with Crippen molar-refractivity contribution in [2.75, 3.05) is 11.1 Å². The van der Waals surface area contributed by atoms with Crippen molar-refractivity contribution in [1.82, 2.24) is 20.4 Å². The molecule has 0 aliphatic rings. The topological polar surface area (TPSA) is 80.7 Å². The zero-order valence-electron chi connectivity index (χ0n) is 15.6. The Morgan fingerprint density at radius 1 is 0.862 bits per heavy atom. The predicted molar refractivity (Wildman–Crippen MR) is 117 cm³/mol. The molecule has 0 saturated carbocycles. The third-order valence-corrected chi connectivity index (χ3v) is 5.73. The summed E-state index contributed by atoms with van der Waals surface area (Å²) in [6, 6.07) is 22.3. The van der Waals surface area contributed by atoms with Crippen LogP contribution in [0, 0.1) is 6.92 Å². The van der Waals surface area contributed by atoms with Crippen LogP contribution in [-0.4, -0.2) is 32.1 Å². The lowest BCUT2D eigenvalue weighted by atomic mass is 10.0. The lowest BCUT2D eigenvalue weighted by molar-refractivity contribution is -0.113. The smallest absolute Gasteiger partial charge is 0.236 e. The van der Waals surface area contributed by atoms with Crippen LogP contribution in [0.3, 0.4) is 0 Å². The Hall–Kier alpha value is -3.10. The molecule has 0 fully saturated rings. The van der Waals surface area contributed by atoms with E-state index in [1.807, 2.05) is 49.4 Å². The molecule has 29 heavy (non-hydrogen) atoms. The maximum atomic E-state index is 12.0. The third-order valence-electron chi connectivity index (χ3n) is 4.05. The van der Waals surface area contributed by atoms with E-state index in [9.17, 15) is 4.79 Å². The maximum absolute atomic E-state index is 12.0. The minimum absolute atomic E-state index is 0.145. The molecule has 0 saturated heterocycles. The van der Waals surface area contributed by atoms with Crippen LogP contribution in [0.4, 0.5) is 5.13 Å². The van der Waals surface area contributed by atoms with Gasteiger partial charge in [-0.15, -0.1) is 20.4 Å². The number of carbonyl (C=O) groups is 1. The number of thioether (sulfide) groups is 1. The summed E-state index contributed by atoms with van der Waals surface area (Å²) in [5.41, 5.74) is 4.13. The molecular formula is C21H17N5OS2. The van der Waals surface area contributed by atoms with E-state index in [1.165, 1.54) is 28.7 Å². The lowest BCUT2D eigenvalue weighted by Gasteiger charge is -2.05. The van der Waals surface area contributed by atoms with Gasteiger partial charge in [0.05, 0.1) is 11.4 Å². The Labute approximate surface area is 176 Å². The average molecular weight is 420 g/mol. The van der Waals surface area contributed by atoms with Crippen LogP contribution in [0.25, 0.3) is 22.4 Å². The SMILES string of the molecule is Cc1nnc(NC(=O)CSc2ccc(-c3ccc(-c4ccccc4)cc3)nn2)s1. The number of hydrogen-bond acceptors (Lipinski definition) is 7. The molecule has 144 valence electrons. The Kier molecular flexibility index (Phi) is 5.92. The molecule has 2 heterocycles. The highest BCUT2D eigenvalue weighted by Crippen LogP contribution is 2.24. The summed E-state index contributed by atoms with van der Waals surface area (Å²) in [6.45, 7) is 1.84. The number of aryl methyl sites for hydroxylation is 1. The summed E-state index contributed by atoms with van der Waals surface area (Å²) in [4.78, 5) is 12.0. The van der Waals surface area contributed by atoms with Crippen LogP contribution in [0.1, 0.15) is 5.01 Å². The fourth-order valence-corrected chi connectivity index (χ4v) is 3.88. The fourth-order valence-electron chi connectivity index (χ4n) is 2.66. The van der Waals surface area contributed by atoms with Gasteiger partial charge in [-0.05, 0) is 30.2 Å². The lowest BCUT2D eigenvalue weighted by Crippen LogP contribution is -2.14. The number of aromatic nitrogens is 4. The summed E-state index contributed by atoms with van der Waals surface area (Å²) < 4.78 is 0. The molecule has 2 aromatic heterocycles. The number of anilines is 1. The molecular weight excluding hydrogens is 402 g/mol. The molecule has 0 aliphatic carbocycles. The van der Waals surface area contributed by atoms with Gasteiger partial charge in [0.15, 0.2) is 0 Å². The Balaban J connectivity index is 1.35. The molecule has 8 heteroatoms. The monoisotopic (exact) mass is 419 g/mol. The van der Waals surface area contributed by atoms with Crippen molar-refractivity contribution in [3.63, 3.8) is 0 Å². The number of rotatable bonds is 6. The van der Waals surface area contributed by atoms with Crippen molar-refractivity contribution in [3.05, 3.63) is 71.7 Å².